The van der Waals surface area contributed by atoms with E-state index in [4.69, 9.17) is 27.9 Å². The molecule has 0 radical (unpaired) electrons. The molecule has 0 atom stereocenters. The molecule has 0 aliphatic carbocycles. The quantitative estimate of drug-likeness (QED) is 0.646. The van der Waals surface area contributed by atoms with Gasteiger partial charge in [0.2, 0.25) is 0 Å². The molecule has 3 aromatic rings. The van der Waals surface area contributed by atoms with E-state index in [0.717, 1.165) is 38.5 Å². The number of aromatic amines is 1. The Hall–Kier alpha value is -2.12. The molecular weight excluding hydrogens is 411 g/mol. The topological polar surface area (TPSA) is 61.5 Å². The summed E-state index contributed by atoms with van der Waals surface area (Å²) in [5.74, 6) is 1.40. The summed E-state index contributed by atoms with van der Waals surface area (Å²) < 4.78 is 5.78. The molecule has 0 saturated carbocycles. The second kappa shape index (κ2) is 9.13. The van der Waals surface area contributed by atoms with E-state index in [1.807, 2.05) is 24.3 Å². The van der Waals surface area contributed by atoms with Crippen molar-refractivity contribution in [2.45, 2.75) is 6.54 Å². The Morgan fingerprint density at radius 3 is 2.59 bits per heavy atom. The minimum Gasteiger partial charge on any atom is -0.491 e. The second-order valence-electron chi connectivity index (χ2n) is 7.07. The summed E-state index contributed by atoms with van der Waals surface area (Å²) in [6, 6.07) is 12.7. The summed E-state index contributed by atoms with van der Waals surface area (Å²) in [5, 5.41) is 1.69. The van der Waals surface area contributed by atoms with E-state index in [2.05, 4.69) is 19.8 Å². The van der Waals surface area contributed by atoms with Crippen molar-refractivity contribution >= 4 is 34.1 Å². The fourth-order valence-corrected chi connectivity index (χ4v) is 3.83. The molecular formula is C21H22Cl2N4O2. The zero-order chi connectivity index (χ0) is 20.2. The first kappa shape index (κ1) is 20.2. The van der Waals surface area contributed by atoms with Gasteiger partial charge in [-0.05, 0) is 30.3 Å². The van der Waals surface area contributed by atoms with Gasteiger partial charge in [-0.25, -0.2) is 4.98 Å². The van der Waals surface area contributed by atoms with Gasteiger partial charge in [-0.15, -0.1) is 0 Å². The van der Waals surface area contributed by atoms with Crippen molar-refractivity contribution in [3.05, 3.63) is 68.7 Å². The van der Waals surface area contributed by atoms with E-state index in [-0.39, 0.29) is 5.56 Å². The largest absolute Gasteiger partial charge is 0.491 e. The van der Waals surface area contributed by atoms with Gasteiger partial charge in [-0.3, -0.25) is 14.6 Å². The maximum Gasteiger partial charge on any atom is 0.258 e. The van der Waals surface area contributed by atoms with Crippen LogP contribution < -0.4 is 10.3 Å². The minimum atomic E-state index is -0.150. The molecule has 1 aliphatic rings. The summed E-state index contributed by atoms with van der Waals surface area (Å²) in [5.41, 5.74) is 0.520. The summed E-state index contributed by atoms with van der Waals surface area (Å²) in [4.78, 5) is 24.4. The van der Waals surface area contributed by atoms with Gasteiger partial charge in [-0.1, -0.05) is 35.3 Å². The lowest BCUT2D eigenvalue weighted by molar-refractivity contribution is 0.111. The molecule has 1 N–H and O–H groups in total. The number of H-pyrrole nitrogens is 1. The molecule has 0 amide bonds. The lowest BCUT2D eigenvalue weighted by atomic mass is 10.2. The number of piperazine rings is 1. The van der Waals surface area contributed by atoms with Crippen LogP contribution >= 0.6 is 23.2 Å². The number of nitrogens with zero attached hydrogens (tertiary/aromatic N) is 3. The van der Waals surface area contributed by atoms with Crippen LogP contribution in [-0.4, -0.2) is 59.1 Å². The maximum atomic E-state index is 12.3. The zero-order valence-electron chi connectivity index (χ0n) is 15.9. The van der Waals surface area contributed by atoms with E-state index in [9.17, 15) is 4.79 Å². The smallest absolute Gasteiger partial charge is 0.258 e. The molecule has 1 saturated heterocycles. The highest BCUT2D eigenvalue weighted by Crippen LogP contribution is 2.23. The first-order valence-electron chi connectivity index (χ1n) is 9.59. The highest BCUT2D eigenvalue weighted by Gasteiger charge is 2.18. The van der Waals surface area contributed by atoms with Crippen molar-refractivity contribution < 1.29 is 4.74 Å². The number of hydrogen-bond acceptors (Lipinski definition) is 5. The molecule has 1 fully saturated rings. The van der Waals surface area contributed by atoms with Gasteiger partial charge >= 0.3 is 0 Å². The van der Waals surface area contributed by atoms with Crippen LogP contribution in [0.4, 0.5) is 0 Å². The molecule has 8 heteroatoms. The Labute approximate surface area is 179 Å². The summed E-state index contributed by atoms with van der Waals surface area (Å²) in [6.45, 7) is 5.79. The Bertz CT molecular complexity index is 1050. The Kier molecular flexibility index (Phi) is 6.35. The van der Waals surface area contributed by atoms with Gasteiger partial charge in [0.15, 0.2) is 0 Å². The van der Waals surface area contributed by atoms with Crippen molar-refractivity contribution in [2.75, 3.05) is 39.3 Å². The van der Waals surface area contributed by atoms with Crippen LogP contribution in [0.15, 0.2) is 47.3 Å². The lowest BCUT2D eigenvalue weighted by Gasteiger charge is -2.34. The van der Waals surface area contributed by atoms with Gasteiger partial charge < -0.3 is 9.72 Å². The van der Waals surface area contributed by atoms with Crippen molar-refractivity contribution in [2.24, 2.45) is 0 Å². The van der Waals surface area contributed by atoms with Gasteiger partial charge in [0, 0.05) is 37.7 Å². The van der Waals surface area contributed by atoms with Crippen LogP contribution in [0.5, 0.6) is 5.75 Å². The second-order valence-corrected chi connectivity index (χ2v) is 7.91. The predicted molar refractivity (Wildman–Crippen MR) is 116 cm³/mol. The van der Waals surface area contributed by atoms with E-state index < -0.39 is 0 Å². The Morgan fingerprint density at radius 2 is 1.79 bits per heavy atom. The fraction of sp³-hybridized carbons (Fsp3) is 0.333. The minimum absolute atomic E-state index is 0.150. The Balaban J connectivity index is 1.28. The third kappa shape index (κ3) is 5.08. The van der Waals surface area contributed by atoms with Gasteiger partial charge in [0.05, 0.1) is 22.5 Å². The first-order chi connectivity index (χ1) is 14.1. The van der Waals surface area contributed by atoms with Gasteiger partial charge in [-0.2, -0.15) is 0 Å². The average molecular weight is 433 g/mol. The van der Waals surface area contributed by atoms with Crippen molar-refractivity contribution in [3.8, 4) is 5.75 Å². The lowest BCUT2D eigenvalue weighted by Crippen LogP contribution is -2.47. The normalized spacial score (nSPS) is 15.7. The summed E-state index contributed by atoms with van der Waals surface area (Å²) in [6.07, 6.45) is 0. The number of aromatic nitrogens is 2. The predicted octanol–water partition coefficient (Wildman–Crippen LogP) is 3.43. The molecule has 152 valence electrons. The molecule has 4 rings (SSSR count). The molecule has 0 unspecified atom stereocenters. The standard InChI is InChI=1S/C21H22Cl2N4O2/c22-15-5-6-18-16(13-15)21(28)25-20(24-18)14-27-9-7-26(8-10-27)11-12-29-19-4-2-1-3-17(19)23/h1-6,13H,7-12,14H2,(H,24,25,28). The summed E-state index contributed by atoms with van der Waals surface area (Å²) in [7, 11) is 0. The molecule has 1 aliphatic heterocycles. The number of fused-ring (bicyclic) bond motifs is 1. The SMILES string of the molecule is O=c1[nH]c(CN2CCN(CCOc3ccccc3Cl)CC2)nc2ccc(Cl)cc12. The molecule has 1 aromatic heterocycles. The zero-order valence-corrected chi connectivity index (χ0v) is 17.4. The number of benzene rings is 2. The number of para-hydroxylation sites is 1. The van der Waals surface area contributed by atoms with Crippen LogP contribution in [0.1, 0.15) is 5.82 Å². The number of rotatable bonds is 6. The average Bonchev–Trinajstić information content (AvgIpc) is 2.71. The van der Waals surface area contributed by atoms with Crippen LogP contribution in [0.3, 0.4) is 0 Å². The highest BCUT2D eigenvalue weighted by atomic mass is 35.5. The van der Waals surface area contributed by atoms with Crippen LogP contribution in [0.2, 0.25) is 10.0 Å². The maximum absolute atomic E-state index is 12.3. The summed E-state index contributed by atoms with van der Waals surface area (Å²) >= 11 is 12.1. The third-order valence-electron chi connectivity index (χ3n) is 5.06. The van der Waals surface area contributed by atoms with E-state index in [1.165, 1.54) is 0 Å². The van der Waals surface area contributed by atoms with E-state index in [0.29, 0.717) is 39.9 Å². The van der Waals surface area contributed by atoms with Crippen molar-refractivity contribution in [3.63, 3.8) is 0 Å². The van der Waals surface area contributed by atoms with Gasteiger partial charge in [0.25, 0.3) is 5.56 Å². The van der Waals surface area contributed by atoms with E-state index >= 15 is 0 Å². The number of halogens is 2. The number of nitrogens with one attached hydrogen (secondary N) is 1. The van der Waals surface area contributed by atoms with Crippen LogP contribution in [0, 0.1) is 0 Å². The molecule has 6 nitrogen and oxygen atoms in total. The van der Waals surface area contributed by atoms with Crippen LogP contribution in [0.25, 0.3) is 10.9 Å². The Morgan fingerprint density at radius 1 is 1.03 bits per heavy atom. The molecule has 29 heavy (non-hydrogen) atoms. The number of hydrogen-bond donors (Lipinski definition) is 1. The van der Waals surface area contributed by atoms with Crippen molar-refractivity contribution in [1.82, 2.24) is 19.8 Å². The monoisotopic (exact) mass is 432 g/mol. The molecule has 2 aromatic carbocycles. The van der Waals surface area contributed by atoms with Crippen molar-refractivity contribution in [1.29, 1.82) is 0 Å². The highest BCUT2D eigenvalue weighted by molar-refractivity contribution is 6.32. The molecule has 0 bridgehead atoms. The third-order valence-corrected chi connectivity index (χ3v) is 5.60. The molecule has 0 spiro atoms. The first-order valence-corrected chi connectivity index (χ1v) is 10.3. The van der Waals surface area contributed by atoms with Crippen LogP contribution in [-0.2, 0) is 6.54 Å². The van der Waals surface area contributed by atoms with E-state index in [1.54, 1.807) is 18.2 Å². The number of ether oxygens (including phenoxy) is 1. The van der Waals surface area contributed by atoms with Gasteiger partial charge in [0.1, 0.15) is 18.2 Å². The molecule has 2 heterocycles. The fourth-order valence-electron chi connectivity index (χ4n) is 3.46.